The maximum Gasteiger partial charge on any atom is 0.0621 e. The Balaban J connectivity index is 2.54. The van der Waals surface area contributed by atoms with Gasteiger partial charge in [0.25, 0.3) is 0 Å². The van der Waals surface area contributed by atoms with Gasteiger partial charge in [-0.2, -0.15) is 10.2 Å². The van der Waals surface area contributed by atoms with Crippen LogP contribution in [0.5, 0.6) is 0 Å². The first-order valence-corrected chi connectivity index (χ1v) is 7.55. The van der Waals surface area contributed by atoms with Crippen LogP contribution in [0.1, 0.15) is 13.8 Å². The fraction of sp³-hybridized carbons (Fsp3) is 1.00. The molecule has 1 aliphatic heterocycles. The molecule has 2 nitrogen and oxygen atoms in total. The van der Waals surface area contributed by atoms with Crippen molar-refractivity contribution in [2.45, 2.75) is 38.0 Å². The Morgan fingerprint density at radius 1 is 1.18 bits per heavy atom. The quantitative estimate of drug-likeness (QED) is 0.582. The Bertz CT molecular complexity index is 144. The molecule has 0 amide bonds. The van der Waals surface area contributed by atoms with Crippen molar-refractivity contribution in [3.8, 4) is 0 Å². The molecule has 0 bridgehead atoms. The largest absolute Gasteiger partial charge is 0.194 e. The molecule has 0 aromatic rings. The summed E-state index contributed by atoms with van der Waals surface area (Å²) < 4.78 is 0. The normalized spacial score (nSPS) is 19.5. The fourth-order valence-corrected chi connectivity index (χ4v) is 4.34. The van der Waals surface area contributed by atoms with Crippen LogP contribution in [0.4, 0.5) is 0 Å². The first kappa shape index (κ1) is 8.91. The minimum Gasteiger partial charge on any atom is -0.194 e. The van der Waals surface area contributed by atoms with E-state index in [1.807, 2.05) is 0 Å². The number of hydrogen-bond donors (Lipinski definition) is 0. The SMILES string of the molecule is CC[Si](C)(CC)C1CN=NC1. The van der Waals surface area contributed by atoms with Gasteiger partial charge in [0.05, 0.1) is 21.2 Å². The molecular weight excluding hydrogens is 152 g/mol. The molecule has 1 rings (SSSR count). The summed E-state index contributed by atoms with van der Waals surface area (Å²) >= 11 is 0. The zero-order valence-corrected chi connectivity index (χ0v) is 8.80. The van der Waals surface area contributed by atoms with Crippen LogP contribution in [0.2, 0.25) is 24.2 Å². The van der Waals surface area contributed by atoms with Crippen molar-refractivity contribution in [3.05, 3.63) is 0 Å². The van der Waals surface area contributed by atoms with Crippen LogP contribution >= 0.6 is 0 Å². The van der Waals surface area contributed by atoms with Crippen molar-refractivity contribution in [2.24, 2.45) is 10.2 Å². The summed E-state index contributed by atoms with van der Waals surface area (Å²) in [5.41, 5.74) is 0.845. The van der Waals surface area contributed by atoms with Crippen LogP contribution in [0.3, 0.4) is 0 Å². The summed E-state index contributed by atoms with van der Waals surface area (Å²) in [7, 11) is -0.952. The number of azo groups is 1. The number of nitrogens with zero attached hydrogens (tertiary/aromatic N) is 2. The van der Waals surface area contributed by atoms with Gasteiger partial charge in [-0.05, 0) is 5.54 Å². The highest BCUT2D eigenvalue weighted by molar-refractivity contribution is 6.80. The molecule has 0 aromatic heterocycles. The van der Waals surface area contributed by atoms with Gasteiger partial charge in [-0.25, -0.2) is 0 Å². The average molecular weight is 170 g/mol. The molecular formula is C8H18N2Si. The molecule has 3 heteroatoms. The Kier molecular flexibility index (Phi) is 2.82. The van der Waals surface area contributed by atoms with Crippen molar-refractivity contribution in [3.63, 3.8) is 0 Å². The minimum absolute atomic E-state index is 0.845. The van der Waals surface area contributed by atoms with Gasteiger partial charge in [-0.3, -0.25) is 0 Å². The second kappa shape index (κ2) is 3.48. The molecule has 64 valence electrons. The Morgan fingerprint density at radius 2 is 1.64 bits per heavy atom. The van der Waals surface area contributed by atoms with E-state index in [4.69, 9.17) is 0 Å². The molecule has 11 heavy (non-hydrogen) atoms. The molecule has 1 aliphatic rings. The van der Waals surface area contributed by atoms with E-state index in [0.717, 1.165) is 18.6 Å². The summed E-state index contributed by atoms with van der Waals surface area (Å²) in [5.74, 6) is 0. The van der Waals surface area contributed by atoms with Gasteiger partial charge in [0, 0.05) is 0 Å². The maximum atomic E-state index is 4.09. The van der Waals surface area contributed by atoms with E-state index < -0.39 is 8.07 Å². The molecule has 0 atom stereocenters. The van der Waals surface area contributed by atoms with Crippen LogP contribution in [0.25, 0.3) is 0 Å². The molecule has 1 heterocycles. The topological polar surface area (TPSA) is 24.7 Å². The summed E-state index contributed by atoms with van der Waals surface area (Å²) in [5, 5.41) is 8.17. The lowest BCUT2D eigenvalue weighted by Gasteiger charge is -2.29. The zero-order valence-electron chi connectivity index (χ0n) is 7.80. The van der Waals surface area contributed by atoms with Crippen LogP contribution in [0, 0.1) is 0 Å². The van der Waals surface area contributed by atoms with Crippen molar-refractivity contribution < 1.29 is 0 Å². The second-order valence-corrected chi connectivity index (χ2v) is 9.24. The summed E-state index contributed by atoms with van der Waals surface area (Å²) in [4.78, 5) is 0. The van der Waals surface area contributed by atoms with Crippen LogP contribution in [-0.2, 0) is 0 Å². The maximum absolute atomic E-state index is 4.09. The third-order valence-electron chi connectivity index (χ3n) is 3.31. The van der Waals surface area contributed by atoms with Crippen LogP contribution < -0.4 is 0 Å². The molecule has 0 saturated heterocycles. The van der Waals surface area contributed by atoms with Gasteiger partial charge < -0.3 is 0 Å². The van der Waals surface area contributed by atoms with Crippen LogP contribution in [-0.4, -0.2) is 21.2 Å². The molecule has 0 saturated carbocycles. The van der Waals surface area contributed by atoms with E-state index in [9.17, 15) is 0 Å². The highest BCUT2D eigenvalue weighted by Crippen LogP contribution is 2.32. The van der Waals surface area contributed by atoms with Crippen molar-refractivity contribution >= 4 is 8.07 Å². The zero-order chi connectivity index (χ0) is 8.32. The van der Waals surface area contributed by atoms with Gasteiger partial charge in [-0.1, -0.05) is 32.5 Å². The molecule has 0 fully saturated rings. The highest BCUT2D eigenvalue weighted by Gasteiger charge is 2.34. The van der Waals surface area contributed by atoms with Crippen molar-refractivity contribution in [1.29, 1.82) is 0 Å². The van der Waals surface area contributed by atoms with Gasteiger partial charge in [0.2, 0.25) is 0 Å². The molecule has 0 unspecified atom stereocenters. The number of rotatable bonds is 3. The first-order valence-electron chi connectivity index (χ1n) is 4.56. The third-order valence-corrected chi connectivity index (χ3v) is 8.87. The lowest BCUT2D eigenvalue weighted by Crippen LogP contribution is -2.36. The Labute approximate surface area is 70.1 Å². The van der Waals surface area contributed by atoms with Gasteiger partial charge in [0.1, 0.15) is 0 Å². The van der Waals surface area contributed by atoms with E-state index in [1.165, 1.54) is 12.1 Å². The van der Waals surface area contributed by atoms with Crippen molar-refractivity contribution in [2.75, 3.05) is 13.1 Å². The number of hydrogen-bond acceptors (Lipinski definition) is 2. The molecule has 0 radical (unpaired) electrons. The van der Waals surface area contributed by atoms with Crippen LogP contribution in [0.15, 0.2) is 10.2 Å². The predicted molar refractivity (Wildman–Crippen MR) is 50.9 cm³/mol. The fourth-order valence-electron chi connectivity index (χ4n) is 1.64. The van der Waals surface area contributed by atoms with Gasteiger partial charge in [0.15, 0.2) is 0 Å². The van der Waals surface area contributed by atoms with E-state index in [2.05, 4.69) is 30.6 Å². The standard InChI is InChI=1S/C8H18N2Si/c1-4-11(3,5-2)8-6-9-10-7-8/h8H,4-7H2,1-3H3. The smallest absolute Gasteiger partial charge is 0.0621 e. The Morgan fingerprint density at radius 3 is 2.00 bits per heavy atom. The summed E-state index contributed by atoms with van der Waals surface area (Å²) in [6, 6.07) is 2.78. The Hall–Kier alpha value is -0.183. The molecule has 0 aliphatic carbocycles. The molecule has 0 spiro atoms. The lowest BCUT2D eigenvalue weighted by atomic mass is 10.4. The van der Waals surface area contributed by atoms with Gasteiger partial charge in [-0.15, -0.1) is 0 Å². The minimum atomic E-state index is -0.952. The monoisotopic (exact) mass is 170 g/mol. The van der Waals surface area contributed by atoms with Crippen molar-refractivity contribution in [1.82, 2.24) is 0 Å². The van der Waals surface area contributed by atoms with E-state index >= 15 is 0 Å². The lowest BCUT2D eigenvalue weighted by molar-refractivity contribution is 0.895. The van der Waals surface area contributed by atoms with E-state index in [0.29, 0.717) is 0 Å². The molecule has 0 aromatic carbocycles. The summed E-state index contributed by atoms with van der Waals surface area (Å²) in [6.45, 7) is 9.19. The van der Waals surface area contributed by atoms with E-state index in [-0.39, 0.29) is 0 Å². The summed E-state index contributed by atoms with van der Waals surface area (Å²) in [6.07, 6.45) is 0. The molecule has 0 N–H and O–H groups in total. The highest BCUT2D eigenvalue weighted by atomic mass is 28.3. The predicted octanol–water partition coefficient (Wildman–Crippen LogP) is 2.94. The third kappa shape index (κ3) is 1.69. The second-order valence-electron chi connectivity index (χ2n) is 3.71. The first-order chi connectivity index (χ1) is 5.23. The average Bonchev–Trinajstić information content (AvgIpc) is 2.55. The van der Waals surface area contributed by atoms with E-state index in [1.54, 1.807) is 0 Å². The van der Waals surface area contributed by atoms with Gasteiger partial charge >= 0.3 is 0 Å².